The van der Waals surface area contributed by atoms with E-state index in [4.69, 9.17) is 0 Å². The van der Waals surface area contributed by atoms with Crippen LogP contribution in [0.25, 0.3) is 0 Å². The lowest BCUT2D eigenvalue weighted by molar-refractivity contribution is -0.127. The number of amides is 4. The van der Waals surface area contributed by atoms with E-state index in [2.05, 4.69) is 0 Å². The van der Waals surface area contributed by atoms with Gasteiger partial charge in [-0.1, -0.05) is 36.4 Å². The third-order valence-electron chi connectivity index (χ3n) is 8.48. The van der Waals surface area contributed by atoms with Crippen LogP contribution < -0.4 is 19.6 Å². The first-order valence-corrected chi connectivity index (χ1v) is 15.7. The van der Waals surface area contributed by atoms with Crippen LogP contribution in [0.3, 0.4) is 0 Å². The van der Waals surface area contributed by atoms with Gasteiger partial charge in [0, 0.05) is 52.4 Å². The molecule has 2 fully saturated rings. The Kier molecular flexibility index (Phi) is 10.7. The fourth-order valence-electron chi connectivity index (χ4n) is 6.19. The highest BCUT2D eigenvalue weighted by atomic mass is 19.4. The number of anilines is 4. The molecule has 1 N–H and O–H groups in total. The van der Waals surface area contributed by atoms with E-state index < -0.39 is 65.7 Å². The van der Waals surface area contributed by atoms with E-state index in [1.807, 2.05) is 0 Å². The van der Waals surface area contributed by atoms with Gasteiger partial charge in [0.05, 0.1) is 34.7 Å². The van der Waals surface area contributed by atoms with E-state index >= 15 is 0 Å². The van der Waals surface area contributed by atoms with Gasteiger partial charge < -0.3 is 24.7 Å². The van der Waals surface area contributed by atoms with Crippen LogP contribution >= 0.6 is 0 Å². The molecule has 2 saturated heterocycles. The normalized spacial score (nSPS) is 15.8. The zero-order valence-electron chi connectivity index (χ0n) is 27.0. The van der Waals surface area contributed by atoms with Gasteiger partial charge >= 0.3 is 36.8 Å². The molecule has 5 rings (SSSR count). The summed E-state index contributed by atoms with van der Waals surface area (Å²) < 4.78 is 126. The molecule has 0 aromatic heterocycles. The number of alkyl halides is 9. The van der Waals surface area contributed by atoms with E-state index in [9.17, 15) is 59.0 Å². The summed E-state index contributed by atoms with van der Waals surface area (Å²) >= 11 is 0. The second-order valence-corrected chi connectivity index (χ2v) is 11.9. The van der Waals surface area contributed by atoms with Crippen LogP contribution in [0, 0.1) is 0 Å². The molecule has 10 nitrogen and oxygen atoms in total. The van der Waals surface area contributed by atoms with Crippen molar-refractivity contribution in [2.24, 2.45) is 0 Å². The molecule has 4 amide bonds. The van der Waals surface area contributed by atoms with Crippen LogP contribution in [0.1, 0.15) is 15.9 Å². The molecular formula is C33H31F9N6O4. The molecule has 0 saturated carbocycles. The monoisotopic (exact) mass is 746 g/mol. The molecule has 0 aliphatic carbocycles. The van der Waals surface area contributed by atoms with Gasteiger partial charge in [-0.25, -0.2) is 24.2 Å². The molecule has 280 valence electrons. The minimum absolute atomic E-state index is 0.0250. The maximum atomic E-state index is 14.0. The highest BCUT2D eigenvalue weighted by Gasteiger charge is 2.46. The first kappa shape index (κ1) is 37.9. The Morgan fingerprint density at radius 3 is 1.37 bits per heavy atom. The van der Waals surface area contributed by atoms with Crippen LogP contribution in [0.15, 0.2) is 72.8 Å². The molecule has 2 aliphatic rings. The maximum absolute atomic E-state index is 14.0. The number of hydrogen-bond donors (Lipinski definition) is 1. The highest BCUT2D eigenvalue weighted by Crippen LogP contribution is 2.40. The van der Waals surface area contributed by atoms with E-state index in [1.165, 1.54) is 46.2 Å². The number of benzene rings is 3. The minimum atomic E-state index is -5.10. The number of carbonyl (C=O) groups excluding carboxylic acids is 2. The Morgan fingerprint density at radius 1 is 0.596 bits per heavy atom. The Balaban J connectivity index is 1.42. The van der Waals surface area contributed by atoms with Crippen LogP contribution in [0.4, 0.5) is 71.9 Å². The molecule has 3 aromatic carbocycles. The Bertz CT molecular complexity index is 1740. The van der Waals surface area contributed by atoms with Crippen molar-refractivity contribution in [1.29, 1.82) is 0 Å². The first-order valence-electron chi connectivity index (χ1n) is 15.7. The van der Waals surface area contributed by atoms with Gasteiger partial charge in [-0.2, -0.15) is 13.2 Å². The standard InChI is InChI=1S/C33H31F9N6O4/c34-31(35,36)21-23-19-22(28(49)50)20-26(43-11-15-45(16-12-43)29(51)47(32(37,38)39)24-7-3-1-4-8-24)27(23)44-13-17-46(18-14-44)30(52)48(33(40,41)42)25-9-5-2-6-10-25/h1-10,19-20H,11-18,21H2,(H,49,50). The van der Waals surface area contributed by atoms with Gasteiger partial charge in [0.2, 0.25) is 0 Å². The summed E-state index contributed by atoms with van der Waals surface area (Å²) in [4.78, 5) is 42.3. The third kappa shape index (κ3) is 8.56. The van der Waals surface area contributed by atoms with E-state index in [-0.39, 0.29) is 73.5 Å². The number of urea groups is 2. The van der Waals surface area contributed by atoms with Crippen LogP contribution in [0.2, 0.25) is 0 Å². The number of para-hydroxylation sites is 2. The quantitative estimate of drug-likeness (QED) is 0.216. The molecule has 0 atom stereocenters. The average molecular weight is 747 g/mol. The summed E-state index contributed by atoms with van der Waals surface area (Å²) in [6.07, 6.45) is -16.6. The number of carboxylic acid groups (broad SMARTS) is 1. The summed E-state index contributed by atoms with van der Waals surface area (Å²) in [6, 6.07) is 11.8. The number of aromatic carboxylic acids is 1. The van der Waals surface area contributed by atoms with Gasteiger partial charge in [0.1, 0.15) is 0 Å². The molecule has 19 heteroatoms. The Hall–Kier alpha value is -5.36. The van der Waals surface area contributed by atoms with Crippen molar-refractivity contribution in [3.8, 4) is 0 Å². The summed E-state index contributed by atoms with van der Waals surface area (Å²) in [5, 5.41) is 9.78. The van der Waals surface area contributed by atoms with Crippen LogP contribution in [-0.4, -0.2) is 104 Å². The SMILES string of the molecule is O=C(O)c1cc(CC(F)(F)F)c(N2CCN(C(=O)N(c3ccccc3)C(F)(F)F)CC2)c(N2CCN(C(=O)N(c3ccccc3)C(F)(F)F)CC2)c1. The summed E-state index contributed by atoms with van der Waals surface area (Å²) in [7, 11) is 0. The number of carboxylic acids is 1. The molecular weight excluding hydrogens is 715 g/mol. The average Bonchev–Trinajstić information content (AvgIpc) is 3.07. The lowest BCUT2D eigenvalue weighted by atomic mass is 10.00. The number of piperazine rings is 2. The van der Waals surface area contributed by atoms with E-state index in [0.717, 1.165) is 46.2 Å². The first-order chi connectivity index (χ1) is 24.3. The summed E-state index contributed by atoms with van der Waals surface area (Å²) in [5.74, 6) is -1.56. The fourth-order valence-corrected chi connectivity index (χ4v) is 6.19. The van der Waals surface area contributed by atoms with Crippen molar-refractivity contribution in [3.05, 3.63) is 83.9 Å². The molecule has 3 aromatic rings. The van der Waals surface area contributed by atoms with Crippen molar-refractivity contribution < 1.29 is 59.0 Å². The van der Waals surface area contributed by atoms with E-state index in [0.29, 0.717) is 0 Å². The van der Waals surface area contributed by atoms with Crippen LogP contribution in [0.5, 0.6) is 0 Å². The number of carbonyl (C=O) groups is 3. The van der Waals surface area contributed by atoms with Crippen molar-refractivity contribution in [1.82, 2.24) is 9.80 Å². The summed E-state index contributed by atoms with van der Waals surface area (Å²) in [5.41, 5.74) is -1.97. The lowest BCUT2D eigenvalue weighted by Gasteiger charge is -2.43. The fraction of sp³-hybridized carbons (Fsp3) is 0.364. The number of halogens is 9. The van der Waals surface area contributed by atoms with Gasteiger partial charge in [0.15, 0.2) is 0 Å². The van der Waals surface area contributed by atoms with E-state index in [1.54, 1.807) is 0 Å². The van der Waals surface area contributed by atoms with Crippen molar-refractivity contribution in [2.75, 3.05) is 72.0 Å². The molecule has 0 bridgehead atoms. The molecule has 0 spiro atoms. The summed E-state index contributed by atoms with van der Waals surface area (Å²) in [6.45, 7) is -2.23. The molecule has 2 aliphatic heterocycles. The number of nitrogens with zero attached hydrogens (tertiary/aromatic N) is 6. The second kappa shape index (κ2) is 14.7. The van der Waals surface area contributed by atoms with Gasteiger partial charge in [0.25, 0.3) is 0 Å². The molecule has 0 radical (unpaired) electrons. The third-order valence-corrected chi connectivity index (χ3v) is 8.48. The van der Waals surface area contributed by atoms with Crippen molar-refractivity contribution >= 4 is 40.8 Å². The van der Waals surface area contributed by atoms with Gasteiger partial charge in [-0.05, 0) is 42.0 Å². The molecule has 2 heterocycles. The number of rotatable bonds is 6. The smallest absolute Gasteiger partial charge is 0.478 e. The topological polar surface area (TPSA) is 90.9 Å². The largest absolute Gasteiger partial charge is 0.493 e. The predicted octanol–water partition coefficient (Wildman–Crippen LogP) is 7.03. The molecule has 0 unspecified atom stereocenters. The molecule has 52 heavy (non-hydrogen) atoms. The highest BCUT2D eigenvalue weighted by molar-refractivity contribution is 5.95. The minimum Gasteiger partial charge on any atom is -0.478 e. The van der Waals surface area contributed by atoms with Crippen molar-refractivity contribution in [2.45, 2.75) is 25.2 Å². The zero-order chi connectivity index (χ0) is 38.0. The predicted molar refractivity (Wildman–Crippen MR) is 171 cm³/mol. The Labute approximate surface area is 290 Å². The maximum Gasteiger partial charge on any atom is 0.493 e. The van der Waals surface area contributed by atoms with Gasteiger partial charge in [-0.3, -0.25) is 0 Å². The second-order valence-electron chi connectivity index (χ2n) is 11.9. The van der Waals surface area contributed by atoms with Crippen LogP contribution in [-0.2, 0) is 6.42 Å². The van der Waals surface area contributed by atoms with Gasteiger partial charge in [-0.15, -0.1) is 26.3 Å². The zero-order valence-corrected chi connectivity index (χ0v) is 27.0. The van der Waals surface area contributed by atoms with Crippen molar-refractivity contribution in [3.63, 3.8) is 0 Å². The number of hydrogen-bond acceptors (Lipinski definition) is 5. The lowest BCUT2D eigenvalue weighted by Crippen LogP contribution is -2.57. The Morgan fingerprint density at radius 2 is 1.00 bits per heavy atom.